The molecule has 0 spiro atoms. The molecule has 4 nitrogen and oxygen atoms in total. The topological polar surface area (TPSA) is 55.8 Å². The molecule has 0 aliphatic rings. The van der Waals surface area contributed by atoms with Crippen molar-refractivity contribution in [2.75, 3.05) is 13.4 Å². The van der Waals surface area contributed by atoms with Crippen LogP contribution in [-0.4, -0.2) is 30.7 Å². The average molecular weight is 285 g/mol. The molecular formula is C10H8ClF3O4. The fraction of sp³-hybridized carbons (Fsp3) is 0.300. The van der Waals surface area contributed by atoms with Crippen molar-refractivity contribution in [3.63, 3.8) is 0 Å². The molecule has 0 aliphatic heterocycles. The third-order valence-electron chi connectivity index (χ3n) is 1.74. The van der Waals surface area contributed by atoms with Crippen LogP contribution in [0.3, 0.4) is 0 Å². The molecule has 0 unspecified atom stereocenters. The summed E-state index contributed by atoms with van der Waals surface area (Å²) < 4.78 is 44.2. The first-order valence-electron chi connectivity index (χ1n) is 4.60. The zero-order valence-corrected chi connectivity index (χ0v) is 9.59. The predicted molar refractivity (Wildman–Crippen MR) is 55.9 cm³/mol. The van der Waals surface area contributed by atoms with Gasteiger partial charge in [-0.05, 0) is 18.2 Å². The molecule has 1 aromatic rings. The summed E-state index contributed by atoms with van der Waals surface area (Å²) in [6.07, 6.45) is -4.43. The fourth-order valence-electron chi connectivity index (χ4n) is 1.01. The summed E-state index contributed by atoms with van der Waals surface area (Å²) in [7, 11) is 0. The maximum Gasteiger partial charge on any atom is 0.411 e. The monoisotopic (exact) mass is 284 g/mol. The first-order chi connectivity index (χ1) is 8.29. The number of ether oxygens (including phenoxy) is 2. The summed E-state index contributed by atoms with van der Waals surface area (Å²) >= 11 is 5.68. The van der Waals surface area contributed by atoms with Crippen molar-refractivity contribution >= 4 is 17.6 Å². The summed E-state index contributed by atoms with van der Waals surface area (Å²) in [5.74, 6) is -1.12. The fourth-order valence-corrected chi connectivity index (χ4v) is 1.25. The van der Waals surface area contributed by atoms with E-state index in [0.29, 0.717) is 0 Å². The molecule has 0 saturated carbocycles. The van der Waals surface area contributed by atoms with Gasteiger partial charge in [-0.2, -0.15) is 13.2 Å². The third kappa shape index (κ3) is 4.80. The summed E-state index contributed by atoms with van der Waals surface area (Å²) in [5.41, 5.74) is -0.0523. The van der Waals surface area contributed by atoms with Crippen LogP contribution in [0.1, 0.15) is 10.4 Å². The molecule has 0 saturated heterocycles. The molecule has 0 fully saturated rings. The normalized spacial score (nSPS) is 11.3. The quantitative estimate of drug-likeness (QED) is 0.667. The van der Waals surface area contributed by atoms with E-state index in [2.05, 4.69) is 4.74 Å². The van der Waals surface area contributed by atoms with Crippen LogP contribution in [0.2, 0.25) is 5.02 Å². The van der Waals surface area contributed by atoms with Crippen molar-refractivity contribution in [1.82, 2.24) is 0 Å². The van der Waals surface area contributed by atoms with Crippen LogP contribution in [-0.2, 0) is 4.74 Å². The summed E-state index contributed by atoms with van der Waals surface area (Å²) in [6.45, 7) is -2.07. The third-order valence-corrected chi connectivity index (χ3v) is 2.04. The molecule has 0 amide bonds. The smallest absolute Gasteiger partial charge is 0.411 e. The minimum absolute atomic E-state index is 0.0227. The van der Waals surface area contributed by atoms with Gasteiger partial charge in [0, 0.05) is 0 Å². The van der Waals surface area contributed by atoms with Crippen molar-refractivity contribution in [2.24, 2.45) is 0 Å². The van der Waals surface area contributed by atoms with E-state index in [1.165, 1.54) is 12.1 Å². The molecule has 0 aliphatic carbocycles. The van der Waals surface area contributed by atoms with E-state index in [1.807, 2.05) is 0 Å². The molecular weight excluding hydrogens is 277 g/mol. The summed E-state index contributed by atoms with van der Waals surface area (Å²) in [4.78, 5) is 10.6. The first kappa shape index (κ1) is 14.6. The molecule has 0 radical (unpaired) electrons. The lowest BCUT2D eigenvalue weighted by molar-refractivity contribution is -0.186. The Kier molecular flexibility index (Phi) is 4.80. The molecule has 0 atom stereocenters. The number of hydrogen-bond donors (Lipinski definition) is 1. The van der Waals surface area contributed by atoms with E-state index in [1.54, 1.807) is 0 Å². The highest BCUT2D eigenvalue weighted by Gasteiger charge is 2.27. The van der Waals surface area contributed by atoms with Crippen molar-refractivity contribution in [3.05, 3.63) is 28.8 Å². The molecule has 0 heterocycles. The van der Waals surface area contributed by atoms with Gasteiger partial charge in [0.15, 0.2) is 6.79 Å². The van der Waals surface area contributed by atoms with Crippen LogP contribution in [0.15, 0.2) is 18.2 Å². The van der Waals surface area contributed by atoms with Gasteiger partial charge in [0.2, 0.25) is 0 Å². The molecule has 1 rings (SSSR count). The predicted octanol–water partition coefficient (Wildman–Crippen LogP) is 2.95. The lowest BCUT2D eigenvalue weighted by Gasteiger charge is -2.10. The minimum atomic E-state index is -4.43. The lowest BCUT2D eigenvalue weighted by Crippen LogP contribution is -2.19. The Bertz CT molecular complexity index is 434. The standard InChI is InChI=1S/C10H8ClF3O4/c11-7-3-6(9(15)16)1-2-8(7)18-5-17-4-10(12,13)14/h1-3H,4-5H2,(H,15,16). The maximum atomic E-state index is 11.7. The lowest BCUT2D eigenvalue weighted by atomic mass is 10.2. The van der Waals surface area contributed by atoms with E-state index in [0.717, 1.165) is 6.07 Å². The second-order valence-corrected chi connectivity index (χ2v) is 3.58. The van der Waals surface area contributed by atoms with Gasteiger partial charge in [0.05, 0.1) is 10.6 Å². The van der Waals surface area contributed by atoms with Crippen LogP contribution in [0, 0.1) is 0 Å². The number of alkyl halides is 3. The van der Waals surface area contributed by atoms with Gasteiger partial charge in [0.1, 0.15) is 12.4 Å². The Hall–Kier alpha value is -1.47. The van der Waals surface area contributed by atoms with Gasteiger partial charge in [0.25, 0.3) is 0 Å². The van der Waals surface area contributed by atoms with Gasteiger partial charge in [-0.3, -0.25) is 0 Å². The van der Waals surface area contributed by atoms with Gasteiger partial charge in [-0.15, -0.1) is 0 Å². The van der Waals surface area contributed by atoms with Gasteiger partial charge < -0.3 is 14.6 Å². The zero-order valence-electron chi connectivity index (χ0n) is 8.83. The van der Waals surface area contributed by atoms with E-state index in [4.69, 9.17) is 21.4 Å². The van der Waals surface area contributed by atoms with Crippen LogP contribution < -0.4 is 4.74 Å². The number of carboxylic acid groups (broad SMARTS) is 1. The Labute approximate surface area is 105 Å². The van der Waals surface area contributed by atoms with E-state index in [9.17, 15) is 18.0 Å². The number of carbonyl (C=O) groups is 1. The van der Waals surface area contributed by atoms with Gasteiger partial charge in [-0.1, -0.05) is 11.6 Å². The van der Waals surface area contributed by atoms with Crippen molar-refractivity contribution in [3.8, 4) is 5.75 Å². The molecule has 1 N–H and O–H groups in total. The highest BCUT2D eigenvalue weighted by Crippen LogP contribution is 2.25. The number of hydrogen-bond acceptors (Lipinski definition) is 3. The second-order valence-electron chi connectivity index (χ2n) is 3.18. The Morgan fingerprint density at radius 2 is 2.06 bits per heavy atom. The summed E-state index contributed by atoms with van der Waals surface area (Å²) in [6, 6.07) is 3.58. The van der Waals surface area contributed by atoms with E-state index >= 15 is 0 Å². The summed E-state index contributed by atoms with van der Waals surface area (Å²) in [5, 5.41) is 8.63. The number of benzene rings is 1. The van der Waals surface area contributed by atoms with Gasteiger partial charge >= 0.3 is 12.1 Å². The second kappa shape index (κ2) is 5.92. The molecule has 18 heavy (non-hydrogen) atoms. The Balaban J connectivity index is 2.51. The Morgan fingerprint density at radius 3 is 2.56 bits per heavy atom. The van der Waals surface area contributed by atoms with Crippen LogP contribution in [0.4, 0.5) is 13.2 Å². The number of halogens is 4. The zero-order chi connectivity index (χ0) is 13.8. The van der Waals surface area contributed by atoms with Crippen LogP contribution >= 0.6 is 11.6 Å². The molecule has 8 heteroatoms. The van der Waals surface area contributed by atoms with Crippen LogP contribution in [0.25, 0.3) is 0 Å². The highest BCUT2D eigenvalue weighted by atomic mass is 35.5. The first-order valence-corrected chi connectivity index (χ1v) is 4.97. The number of rotatable bonds is 5. The van der Waals surface area contributed by atoms with Crippen LogP contribution in [0.5, 0.6) is 5.75 Å². The average Bonchev–Trinajstić information content (AvgIpc) is 2.24. The number of aromatic carboxylic acids is 1. The molecule has 100 valence electrons. The largest absolute Gasteiger partial charge is 0.478 e. The molecule has 0 aromatic heterocycles. The van der Waals surface area contributed by atoms with E-state index in [-0.39, 0.29) is 16.3 Å². The molecule has 1 aromatic carbocycles. The van der Waals surface area contributed by atoms with Crippen molar-refractivity contribution in [2.45, 2.75) is 6.18 Å². The van der Waals surface area contributed by atoms with Crippen molar-refractivity contribution < 1.29 is 32.5 Å². The van der Waals surface area contributed by atoms with Crippen molar-refractivity contribution in [1.29, 1.82) is 0 Å². The number of carboxylic acids is 1. The molecule has 0 bridgehead atoms. The SMILES string of the molecule is O=C(O)c1ccc(OCOCC(F)(F)F)c(Cl)c1. The van der Waals surface area contributed by atoms with E-state index < -0.39 is 25.5 Å². The highest BCUT2D eigenvalue weighted by molar-refractivity contribution is 6.32. The Morgan fingerprint density at radius 1 is 1.39 bits per heavy atom. The minimum Gasteiger partial charge on any atom is -0.478 e. The maximum absolute atomic E-state index is 11.7. The van der Waals surface area contributed by atoms with Gasteiger partial charge in [-0.25, -0.2) is 4.79 Å².